The van der Waals surface area contributed by atoms with E-state index in [1.54, 1.807) is 13.8 Å². The third kappa shape index (κ3) is 2.01. The topological polar surface area (TPSA) is 66.8 Å². The van der Waals surface area contributed by atoms with Crippen molar-refractivity contribution >= 4 is 5.97 Å². The van der Waals surface area contributed by atoms with Crippen LogP contribution in [0.1, 0.15) is 27.7 Å². The molecule has 1 saturated carbocycles. The minimum absolute atomic E-state index is 0.232. The lowest BCUT2D eigenvalue weighted by Gasteiger charge is -2.25. The summed E-state index contributed by atoms with van der Waals surface area (Å²) in [6.45, 7) is 6.88. The molecule has 0 amide bonds. The van der Waals surface area contributed by atoms with E-state index in [-0.39, 0.29) is 23.2 Å². The zero-order chi connectivity index (χ0) is 12.0. The van der Waals surface area contributed by atoms with E-state index in [1.165, 1.54) is 7.11 Å². The molecule has 0 saturated heterocycles. The molecule has 0 radical (unpaired) electrons. The van der Waals surface area contributed by atoms with Crippen LogP contribution >= 0.6 is 0 Å². The molecule has 1 rings (SSSR count). The number of carbonyl (C=O) groups excluding carboxylic acids is 1. The van der Waals surface area contributed by atoms with Crippen molar-refractivity contribution in [2.24, 2.45) is 17.3 Å². The highest BCUT2D eigenvalue weighted by Gasteiger charge is 2.67. The molecule has 15 heavy (non-hydrogen) atoms. The number of hydrogen-bond acceptors (Lipinski definition) is 4. The van der Waals surface area contributed by atoms with Crippen molar-refractivity contribution < 1.29 is 19.7 Å². The number of methoxy groups -OCH3 is 1. The van der Waals surface area contributed by atoms with E-state index < -0.39 is 11.7 Å². The van der Waals surface area contributed by atoms with Gasteiger partial charge in [0.2, 0.25) is 0 Å². The second-order valence-electron chi connectivity index (χ2n) is 5.45. The van der Waals surface area contributed by atoms with Crippen LogP contribution in [0.4, 0.5) is 0 Å². The summed E-state index contributed by atoms with van der Waals surface area (Å²) >= 11 is 0. The summed E-state index contributed by atoms with van der Waals surface area (Å²) in [5.74, 6) is -0.859. The van der Waals surface area contributed by atoms with E-state index in [0.717, 1.165) is 0 Å². The quantitative estimate of drug-likeness (QED) is 0.677. The predicted molar refractivity (Wildman–Crippen MR) is 55.1 cm³/mol. The van der Waals surface area contributed by atoms with E-state index in [4.69, 9.17) is 0 Å². The molecule has 3 unspecified atom stereocenters. The number of ether oxygens (including phenoxy) is 1. The van der Waals surface area contributed by atoms with Crippen molar-refractivity contribution in [3.63, 3.8) is 0 Å². The zero-order valence-corrected chi connectivity index (χ0v) is 9.94. The first kappa shape index (κ1) is 12.5. The number of aliphatic hydroxyl groups excluding tert-OH is 1. The van der Waals surface area contributed by atoms with Gasteiger partial charge in [-0.1, -0.05) is 13.8 Å². The second kappa shape index (κ2) is 3.46. The van der Waals surface area contributed by atoms with Crippen molar-refractivity contribution in [1.82, 2.24) is 0 Å². The van der Waals surface area contributed by atoms with Gasteiger partial charge in [0.05, 0.1) is 24.7 Å². The van der Waals surface area contributed by atoms with Crippen LogP contribution in [0.15, 0.2) is 0 Å². The highest BCUT2D eigenvalue weighted by Crippen LogP contribution is 2.61. The summed E-state index contributed by atoms with van der Waals surface area (Å²) in [4.78, 5) is 11.4. The summed E-state index contributed by atoms with van der Waals surface area (Å²) in [6, 6.07) is 0. The van der Waals surface area contributed by atoms with Crippen LogP contribution in [0.3, 0.4) is 0 Å². The Bertz CT molecular complexity index is 264. The lowest BCUT2D eigenvalue weighted by molar-refractivity contribution is -0.144. The van der Waals surface area contributed by atoms with Gasteiger partial charge in [-0.05, 0) is 19.3 Å². The van der Waals surface area contributed by atoms with Crippen molar-refractivity contribution in [1.29, 1.82) is 0 Å². The first-order chi connectivity index (χ1) is 6.64. The lowest BCUT2D eigenvalue weighted by Crippen LogP contribution is -2.39. The fourth-order valence-corrected chi connectivity index (χ4v) is 2.28. The van der Waals surface area contributed by atoms with E-state index in [0.29, 0.717) is 0 Å². The Balaban J connectivity index is 2.79. The molecular formula is C11H20O4. The molecule has 0 spiro atoms. The predicted octanol–water partition coefficient (Wildman–Crippen LogP) is 0.563. The van der Waals surface area contributed by atoms with E-state index in [1.807, 2.05) is 13.8 Å². The standard InChI is InChI=1S/C11H20O4/c1-10(2)6(7(10)9(13)15-5)8(12)11(3,4)14/h6-8,12,14H,1-5H3. The first-order valence-electron chi connectivity index (χ1n) is 5.12. The fraction of sp³-hybridized carbons (Fsp3) is 0.909. The van der Waals surface area contributed by atoms with E-state index in [2.05, 4.69) is 4.74 Å². The van der Waals surface area contributed by atoms with Crippen LogP contribution in [-0.4, -0.2) is 35.0 Å². The summed E-state index contributed by atoms with van der Waals surface area (Å²) in [5, 5.41) is 19.6. The molecule has 0 aromatic heterocycles. The van der Waals surface area contributed by atoms with Gasteiger partial charge >= 0.3 is 5.97 Å². The third-order valence-corrected chi connectivity index (χ3v) is 3.43. The fourth-order valence-electron chi connectivity index (χ4n) is 2.28. The summed E-state index contributed by atoms with van der Waals surface area (Å²) < 4.78 is 4.67. The molecule has 0 bridgehead atoms. The molecule has 4 nitrogen and oxygen atoms in total. The Kier molecular flexibility index (Phi) is 2.87. The van der Waals surface area contributed by atoms with Gasteiger partial charge in [0.15, 0.2) is 0 Å². The highest BCUT2D eigenvalue weighted by molar-refractivity contribution is 5.77. The molecule has 2 N–H and O–H groups in total. The minimum Gasteiger partial charge on any atom is -0.469 e. The molecule has 0 aromatic rings. The maximum absolute atomic E-state index is 11.4. The number of rotatable bonds is 3. The number of hydrogen-bond donors (Lipinski definition) is 2. The van der Waals surface area contributed by atoms with Crippen LogP contribution in [-0.2, 0) is 9.53 Å². The average Bonchev–Trinajstić information content (AvgIpc) is 2.64. The van der Waals surface area contributed by atoms with Crippen LogP contribution in [0.25, 0.3) is 0 Å². The normalized spacial score (nSPS) is 30.9. The van der Waals surface area contributed by atoms with Crippen LogP contribution < -0.4 is 0 Å². The van der Waals surface area contributed by atoms with Gasteiger partial charge in [0.25, 0.3) is 0 Å². The molecule has 0 aromatic carbocycles. The molecule has 4 heteroatoms. The second-order valence-corrected chi connectivity index (χ2v) is 5.45. The Hall–Kier alpha value is -0.610. The average molecular weight is 216 g/mol. The third-order valence-electron chi connectivity index (χ3n) is 3.43. The number of esters is 1. The van der Waals surface area contributed by atoms with Gasteiger partial charge in [-0.3, -0.25) is 4.79 Å². The molecule has 0 aliphatic heterocycles. The molecule has 0 heterocycles. The number of aliphatic hydroxyl groups is 2. The first-order valence-corrected chi connectivity index (χ1v) is 5.12. The van der Waals surface area contributed by atoms with Gasteiger partial charge in [-0.15, -0.1) is 0 Å². The Morgan fingerprint density at radius 1 is 1.47 bits per heavy atom. The van der Waals surface area contributed by atoms with Crippen molar-refractivity contribution in [2.45, 2.75) is 39.4 Å². The Morgan fingerprint density at radius 3 is 2.27 bits per heavy atom. The summed E-state index contributed by atoms with van der Waals surface area (Å²) in [7, 11) is 1.34. The van der Waals surface area contributed by atoms with Crippen molar-refractivity contribution in [2.75, 3.05) is 7.11 Å². The van der Waals surface area contributed by atoms with Gasteiger partial charge in [-0.25, -0.2) is 0 Å². The van der Waals surface area contributed by atoms with Gasteiger partial charge in [-0.2, -0.15) is 0 Å². The van der Waals surface area contributed by atoms with Crippen LogP contribution in [0.5, 0.6) is 0 Å². The van der Waals surface area contributed by atoms with Gasteiger partial charge < -0.3 is 14.9 Å². The van der Waals surface area contributed by atoms with Gasteiger partial charge in [0.1, 0.15) is 0 Å². The Morgan fingerprint density at radius 2 is 1.93 bits per heavy atom. The SMILES string of the molecule is COC(=O)C1C(C(O)C(C)(C)O)C1(C)C. The molecule has 3 atom stereocenters. The number of carbonyl (C=O) groups is 1. The Labute approximate surface area is 90.2 Å². The molecule has 1 aliphatic carbocycles. The van der Waals surface area contributed by atoms with E-state index in [9.17, 15) is 15.0 Å². The minimum atomic E-state index is -1.19. The monoisotopic (exact) mass is 216 g/mol. The van der Waals surface area contributed by atoms with Crippen LogP contribution in [0, 0.1) is 17.3 Å². The molecule has 1 aliphatic rings. The largest absolute Gasteiger partial charge is 0.469 e. The zero-order valence-electron chi connectivity index (χ0n) is 9.94. The van der Waals surface area contributed by atoms with Gasteiger partial charge in [0, 0.05) is 5.92 Å². The summed E-state index contributed by atoms with van der Waals surface area (Å²) in [6.07, 6.45) is -0.906. The molecular weight excluding hydrogens is 196 g/mol. The maximum Gasteiger partial charge on any atom is 0.309 e. The van der Waals surface area contributed by atoms with Crippen molar-refractivity contribution in [3.8, 4) is 0 Å². The maximum atomic E-state index is 11.4. The molecule has 1 fully saturated rings. The smallest absolute Gasteiger partial charge is 0.309 e. The van der Waals surface area contributed by atoms with Crippen LogP contribution in [0.2, 0.25) is 0 Å². The highest BCUT2D eigenvalue weighted by atomic mass is 16.5. The van der Waals surface area contributed by atoms with Crippen molar-refractivity contribution in [3.05, 3.63) is 0 Å². The van der Waals surface area contributed by atoms with E-state index >= 15 is 0 Å². The lowest BCUT2D eigenvalue weighted by atomic mass is 9.93. The summed E-state index contributed by atoms with van der Waals surface area (Å²) in [5.41, 5.74) is -1.49. The molecule has 88 valence electrons.